The Morgan fingerprint density at radius 1 is 1.31 bits per heavy atom. The van der Waals surface area contributed by atoms with Crippen molar-refractivity contribution in [2.45, 2.75) is 6.92 Å². The van der Waals surface area contributed by atoms with Gasteiger partial charge in [0.05, 0.1) is 5.69 Å². The maximum Gasteiger partial charge on any atom is 0.222 e. The number of hydrogen-bond acceptors (Lipinski definition) is 3. The van der Waals surface area contributed by atoms with Crippen molar-refractivity contribution in [3.8, 4) is 11.6 Å². The van der Waals surface area contributed by atoms with Crippen molar-refractivity contribution in [3.05, 3.63) is 46.6 Å². The fourth-order valence-corrected chi connectivity index (χ4v) is 1.76. The number of nitrogens with two attached hydrogens (primary N) is 1. The van der Waals surface area contributed by atoms with Crippen LogP contribution < -0.4 is 10.5 Å². The number of halogens is 1. The van der Waals surface area contributed by atoms with Gasteiger partial charge in [-0.15, -0.1) is 0 Å². The Balaban J connectivity index is 2.31. The molecule has 0 bridgehead atoms. The molecule has 0 saturated carbocycles. The molecule has 82 valence electrons. The third kappa shape index (κ3) is 2.33. The van der Waals surface area contributed by atoms with Gasteiger partial charge in [0.15, 0.2) is 5.75 Å². The third-order valence-electron chi connectivity index (χ3n) is 2.12. The number of pyridine rings is 1. The van der Waals surface area contributed by atoms with Gasteiger partial charge in [-0.3, -0.25) is 0 Å². The SMILES string of the molecule is Cc1cc(Br)cnc1Oc1ccccc1N. The van der Waals surface area contributed by atoms with Crippen LogP contribution in [0.3, 0.4) is 0 Å². The number of benzene rings is 1. The van der Waals surface area contributed by atoms with Crippen LogP contribution in [0.2, 0.25) is 0 Å². The molecule has 2 aromatic rings. The minimum atomic E-state index is 0.570. The normalized spacial score (nSPS) is 10.1. The van der Waals surface area contributed by atoms with Gasteiger partial charge < -0.3 is 10.5 Å². The van der Waals surface area contributed by atoms with Crippen LogP contribution in [0.5, 0.6) is 11.6 Å². The first kappa shape index (κ1) is 11.0. The second-order valence-electron chi connectivity index (χ2n) is 3.42. The molecule has 0 radical (unpaired) electrons. The first-order valence-corrected chi connectivity index (χ1v) is 5.60. The van der Waals surface area contributed by atoms with E-state index in [1.807, 2.05) is 31.2 Å². The van der Waals surface area contributed by atoms with Crippen LogP contribution in [0.15, 0.2) is 41.0 Å². The number of ether oxygens (including phenoxy) is 1. The fraction of sp³-hybridized carbons (Fsp3) is 0.0833. The monoisotopic (exact) mass is 278 g/mol. The van der Waals surface area contributed by atoms with Gasteiger partial charge in [-0.05, 0) is 41.1 Å². The van der Waals surface area contributed by atoms with E-state index in [0.29, 0.717) is 17.3 Å². The summed E-state index contributed by atoms with van der Waals surface area (Å²) < 4.78 is 6.57. The number of aryl methyl sites for hydroxylation is 1. The molecular weight excluding hydrogens is 268 g/mol. The quantitative estimate of drug-likeness (QED) is 0.855. The summed E-state index contributed by atoms with van der Waals surface area (Å²) in [5, 5.41) is 0. The topological polar surface area (TPSA) is 48.1 Å². The lowest BCUT2D eigenvalue weighted by Gasteiger charge is -2.09. The second kappa shape index (κ2) is 4.53. The van der Waals surface area contributed by atoms with E-state index in [9.17, 15) is 0 Å². The molecule has 3 nitrogen and oxygen atoms in total. The Bertz CT molecular complexity index is 514. The summed E-state index contributed by atoms with van der Waals surface area (Å²) in [7, 11) is 0. The van der Waals surface area contributed by atoms with Gasteiger partial charge >= 0.3 is 0 Å². The van der Waals surface area contributed by atoms with Crippen molar-refractivity contribution in [1.82, 2.24) is 4.98 Å². The standard InChI is InChI=1S/C12H11BrN2O/c1-8-6-9(13)7-15-12(8)16-11-5-3-2-4-10(11)14/h2-7H,14H2,1H3. The Labute approximate surface area is 102 Å². The van der Waals surface area contributed by atoms with Crippen molar-refractivity contribution in [1.29, 1.82) is 0 Å². The summed E-state index contributed by atoms with van der Waals surface area (Å²) >= 11 is 3.35. The maximum atomic E-state index is 5.79. The third-order valence-corrected chi connectivity index (χ3v) is 2.56. The maximum absolute atomic E-state index is 5.79. The van der Waals surface area contributed by atoms with Crippen LogP contribution in [-0.4, -0.2) is 4.98 Å². The lowest BCUT2D eigenvalue weighted by Crippen LogP contribution is -1.94. The van der Waals surface area contributed by atoms with E-state index < -0.39 is 0 Å². The predicted octanol–water partition coefficient (Wildman–Crippen LogP) is 3.53. The summed E-state index contributed by atoms with van der Waals surface area (Å²) in [5.41, 5.74) is 7.35. The van der Waals surface area contributed by atoms with E-state index in [-0.39, 0.29) is 0 Å². The highest BCUT2D eigenvalue weighted by Crippen LogP contribution is 2.28. The predicted molar refractivity (Wildman–Crippen MR) is 67.6 cm³/mol. The molecule has 0 aliphatic heterocycles. The molecule has 0 aliphatic rings. The van der Waals surface area contributed by atoms with Crippen molar-refractivity contribution in [2.24, 2.45) is 0 Å². The Morgan fingerprint density at radius 3 is 2.75 bits per heavy atom. The zero-order valence-corrected chi connectivity index (χ0v) is 10.4. The van der Waals surface area contributed by atoms with Crippen LogP contribution in [0.1, 0.15) is 5.56 Å². The summed E-state index contributed by atoms with van der Waals surface area (Å²) in [5.74, 6) is 1.20. The number of anilines is 1. The average Bonchev–Trinajstić information content (AvgIpc) is 2.25. The lowest BCUT2D eigenvalue weighted by molar-refractivity contribution is 0.461. The largest absolute Gasteiger partial charge is 0.437 e. The molecule has 2 rings (SSSR count). The van der Waals surface area contributed by atoms with Gasteiger partial charge in [0.25, 0.3) is 0 Å². The van der Waals surface area contributed by atoms with Gasteiger partial charge in [0.2, 0.25) is 5.88 Å². The van der Waals surface area contributed by atoms with Gasteiger partial charge in [-0.25, -0.2) is 4.98 Å². The van der Waals surface area contributed by atoms with Gasteiger partial charge in [0, 0.05) is 16.2 Å². The molecule has 1 aromatic heterocycles. The molecule has 0 atom stereocenters. The number of para-hydroxylation sites is 2. The van der Waals surface area contributed by atoms with E-state index in [0.717, 1.165) is 10.0 Å². The van der Waals surface area contributed by atoms with Crippen molar-refractivity contribution < 1.29 is 4.74 Å². The molecule has 0 amide bonds. The Kier molecular flexibility index (Phi) is 3.10. The molecular formula is C12H11BrN2O. The molecule has 0 fully saturated rings. The fourth-order valence-electron chi connectivity index (χ4n) is 1.31. The lowest BCUT2D eigenvalue weighted by atomic mass is 10.3. The number of nitrogen functional groups attached to an aromatic ring is 1. The average molecular weight is 279 g/mol. The van der Waals surface area contributed by atoms with E-state index in [4.69, 9.17) is 10.5 Å². The molecule has 0 aliphatic carbocycles. The molecule has 4 heteroatoms. The summed E-state index contributed by atoms with van der Waals surface area (Å²) in [6.07, 6.45) is 1.70. The summed E-state index contributed by atoms with van der Waals surface area (Å²) in [6, 6.07) is 9.30. The Morgan fingerprint density at radius 2 is 2.06 bits per heavy atom. The number of hydrogen-bond donors (Lipinski definition) is 1. The summed E-state index contributed by atoms with van der Waals surface area (Å²) in [6.45, 7) is 1.94. The smallest absolute Gasteiger partial charge is 0.222 e. The van der Waals surface area contributed by atoms with Crippen LogP contribution in [0, 0.1) is 6.92 Å². The van der Waals surface area contributed by atoms with E-state index in [1.54, 1.807) is 12.3 Å². The minimum absolute atomic E-state index is 0.570. The van der Waals surface area contributed by atoms with Gasteiger partial charge in [0.1, 0.15) is 0 Å². The van der Waals surface area contributed by atoms with Gasteiger partial charge in [-0.1, -0.05) is 12.1 Å². The molecule has 1 aromatic carbocycles. The number of aromatic nitrogens is 1. The van der Waals surface area contributed by atoms with Crippen LogP contribution in [-0.2, 0) is 0 Å². The van der Waals surface area contributed by atoms with E-state index in [2.05, 4.69) is 20.9 Å². The highest BCUT2D eigenvalue weighted by Gasteiger charge is 2.05. The van der Waals surface area contributed by atoms with Crippen LogP contribution in [0.25, 0.3) is 0 Å². The molecule has 1 heterocycles. The van der Waals surface area contributed by atoms with E-state index >= 15 is 0 Å². The van der Waals surface area contributed by atoms with Crippen molar-refractivity contribution in [3.63, 3.8) is 0 Å². The minimum Gasteiger partial charge on any atom is -0.437 e. The van der Waals surface area contributed by atoms with E-state index in [1.165, 1.54) is 0 Å². The second-order valence-corrected chi connectivity index (χ2v) is 4.33. The first-order valence-electron chi connectivity index (χ1n) is 4.81. The number of nitrogens with zero attached hydrogens (tertiary/aromatic N) is 1. The zero-order valence-electron chi connectivity index (χ0n) is 8.77. The van der Waals surface area contributed by atoms with Crippen LogP contribution >= 0.6 is 15.9 Å². The first-order chi connectivity index (χ1) is 7.66. The molecule has 16 heavy (non-hydrogen) atoms. The molecule has 0 spiro atoms. The van der Waals surface area contributed by atoms with Gasteiger partial charge in [-0.2, -0.15) is 0 Å². The highest BCUT2D eigenvalue weighted by atomic mass is 79.9. The molecule has 0 saturated heterocycles. The van der Waals surface area contributed by atoms with Crippen molar-refractivity contribution >= 4 is 21.6 Å². The van der Waals surface area contributed by atoms with Crippen LogP contribution in [0.4, 0.5) is 5.69 Å². The summed E-state index contributed by atoms with van der Waals surface area (Å²) in [4.78, 5) is 4.19. The molecule has 0 unspecified atom stereocenters. The zero-order chi connectivity index (χ0) is 11.5. The van der Waals surface area contributed by atoms with Crippen molar-refractivity contribution in [2.75, 3.05) is 5.73 Å². The highest BCUT2D eigenvalue weighted by molar-refractivity contribution is 9.10. The number of rotatable bonds is 2. The molecule has 2 N–H and O–H groups in total. The Hall–Kier alpha value is -1.55.